The normalized spacial score (nSPS) is 22.3. The van der Waals surface area contributed by atoms with Gasteiger partial charge in [-0.05, 0) is 18.9 Å². The molecule has 118 valence electrons. The smallest absolute Gasteiger partial charge is 0.255 e. The SMILES string of the molecule is Cn1cnc2cc(C(=O)N3CCN(C4CC4)C(C#N)C3)cnc21. The number of aryl methyl sites for hydroxylation is 1. The molecule has 2 fully saturated rings. The van der Waals surface area contributed by atoms with Gasteiger partial charge in [-0.15, -0.1) is 0 Å². The second kappa shape index (κ2) is 5.32. The van der Waals surface area contributed by atoms with E-state index in [1.807, 2.05) is 11.6 Å². The molecule has 2 aromatic heterocycles. The van der Waals surface area contributed by atoms with Gasteiger partial charge in [-0.25, -0.2) is 9.97 Å². The standard InChI is InChI=1S/C16H18N6O/c1-20-10-19-14-6-11(8-18-15(14)20)16(23)21-4-5-22(12-2-3-12)13(7-17)9-21/h6,8,10,12-13H,2-5,9H2,1H3. The third kappa shape index (κ3) is 2.45. The van der Waals surface area contributed by atoms with Crippen molar-refractivity contribution in [3.05, 3.63) is 24.2 Å². The molecule has 1 saturated heterocycles. The van der Waals surface area contributed by atoms with E-state index >= 15 is 0 Å². The van der Waals surface area contributed by atoms with Crippen LogP contribution in [0.4, 0.5) is 0 Å². The van der Waals surface area contributed by atoms with Crippen molar-refractivity contribution in [3.63, 3.8) is 0 Å². The molecule has 1 amide bonds. The van der Waals surface area contributed by atoms with Crippen molar-refractivity contribution in [2.45, 2.75) is 24.9 Å². The number of nitriles is 1. The molecule has 3 heterocycles. The number of fused-ring (bicyclic) bond motifs is 1. The summed E-state index contributed by atoms with van der Waals surface area (Å²) in [5.41, 5.74) is 2.01. The highest BCUT2D eigenvalue weighted by molar-refractivity contribution is 5.96. The molecule has 0 bridgehead atoms. The summed E-state index contributed by atoms with van der Waals surface area (Å²) in [5.74, 6) is -0.0687. The Morgan fingerprint density at radius 3 is 2.91 bits per heavy atom. The van der Waals surface area contributed by atoms with Gasteiger partial charge in [-0.3, -0.25) is 9.69 Å². The Morgan fingerprint density at radius 1 is 1.35 bits per heavy atom. The molecule has 1 unspecified atom stereocenters. The largest absolute Gasteiger partial charge is 0.335 e. The molecule has 2 aromatic rings. The molecule has 1 aliphatic heterocycles. The first-order valence-electron chi connectivity index (χ1n) is 7.89. The third-order valence-corrected chi connectivity index (χ3v) is 4.67. The molecule has 1 aliphatic carbocycles. The van der Waals surface area contributed by atoms with Crippen molar-refractivity contribution in [1.82, 2.24) is 24.3 Å². The van der Waals surface area contributed by atoms with Crippen molar-refractivity contribution in [2.24, 2.45) is 7.05 Å². The van der Waals surface area contributed by atoms with Crippen molar-refractivity contribution in [3.8, 4) is 6.07 Å². The van der Waals surface area contributed by atoms with E-state index in [1.54, 1.807) is 23.5 Å². The highest BCUT2D eigenvalue weighted by Crippen LogP contribution is 2.30. The number of carbonyl (C=O) groups is 1. The first-order valence-corrected chi connectivity index (χ1v) is 7.89. The Balaban J connectivity index is 1.54. The Bertz CT molecular complexity index is 802. The quantitative estimate of drug-likeness (QED) is 0.819. The minimum atomic E-state index is -0.202. The minimum Gasteiger partial charge on any atom is -0.335 e. The fraction of sp³-hybridized carbons (Fsp3) is 0.500. The molecule has 7 nitrogen and oxygen atoms in total. The lowest BCUT2D eigenvalue weighted by molar-refractivity contribution is 0.0550. The Labute approximate surface area is 134 Å². The lowest BCUT2D eigenvalue weighted by Gasteiger charge is -2.38. The van der Waals surface area contributed by atoms with Crippen molar-refractivity contribution >= 4 is 17.1 Å². The number of pyridine rings is 1. The minimum absolute atomic E-state index is 0.0687. The zero-order valence-electron chi connectivity index (χ0n) is 13.0. The molecule has 7 heteroatoms. The summed E-state index contributed by atoms with van der Waals surface area (Å²) in [6.07, 6.45) is 5.63. The second-order valence-corrected chi connectivity index (χ2v) is 6.29. The molecular formula is C16H18N6O. The maximum atomic E-state index is 12.7. The van der Waals surface area contributed by atoms with E-state index in [0.29, 0.717) is 30.2 Å². The van der Waals surface area contributed by atoms with Crippen LogP contribution < -0.4 is 0 Å². The lowest BCUT2D eigenvalue weighted by atomic mass is 10.1. The Morgan fingerprint density at radius 2 is 2.17 bits per heavy atom. The zero-order chi connectivity index (χ0) is 16.0. The van der Waals surface area contributed by atoms with Gasteiger partial charge >= 0.3 is 0 Å². The maximum Gasteiger partial charge on any atom is 0.255 e. The van der Waals surface area contributed by atoms with Gasteiger partial charge in [0.2, 0.25) is 0 Å². The summed E-state index contributed by atoms with van der Waals surface area (Å²) < 4.78 is 1.82. The number of nitrogens with zero attached hydrogens (tertiary/aromatic N) is 6. The van der Waals surface area contributed by atoms with E-state index in [2.05, 4.69) is 20.9 Å². The second-order valence-electron chi connectivity index (χ2n) is 6.29. The molecule has 0 aromatic carbocycles. The van der Waals surface area contributed by atoms with Crippen LogP contribution in [-0.2, 0) is 7.05 Å². The van der Waals surface area contributed by atoms with E-state index in [4.69, 9.17) is 0 Å². The van der Waals surface area contributed by atoms with Gasteiger partial charge in [-0.2, -0.15) is 5.26 Å². The third-order valence-electron chi connectivity index (χ3n) is 4.67. The summed E-state index contributed by atoms with van der Waals surface area (Å²) in [6, 6.07) is 4.47. The average molecular weight is 310 g/mol. The summed E-state index contributed by atoms with van der Waals surface area (Å²) in [6.45, 7) is 1.90. The van der Waals surface area contributed by atoms with Gasteiger partial charge < -0.3 is 9.47 Å². The molecule has 0 spiro atoms. The number of imidazole rings is 1. The number of piperazine rings is 1. The van der Waals surface area contributed by atoms with Crippen LogP contribution in [0.2, 0.25) is 0 Å². The van der Waals surface area contributed by atoms with E-state index in [0.717, 1.165) is 12.2 Å². The van der Waals surface area contributed by atoms with E-state index in [1.165, 1.54) is 12.8 Å². The van der Waals surface area contributed by atoms with Gasteiger partial charge in [0.05, 0.1) is 18.0 Å². The van der Waals surface area contributed by atoms with Crippen molar-refractivity contribution < 1.29 is 4.79 Å². The van der Waals surface area contributed by atoms with Crippen LogP contribution in [0.25, 0.3) is 11.2 Å². The first-order chi connectivity index (χ1) is 11.2. The average Bonchev–Trinajstić information content (AvgIpc) is 3.37. The predicted molar refractivity (Wildman–Crippen MR) is 83.5 cm³/mol. The lowest BCUT2D eigenvalue weighted by Crippen LogP contribution is -2.54. The van der Waals surface area contributed by atoms with Crippen molar-refractivity contribution in [1.29, 1.82) is 5.26 Å². The summed E-state index contributed by atoms with van der Waals surface area (Å²) in [7, 11) is 1.87. The maximum absolute atomic E-state index is 12.7. The number of amides is 1. The molecule has 0 N–H and O–H groups in total. The molecular weight excluding hydrogens is 292 g/mol. The number of hydrogen-bond donors (Lipinski definition) is 0. The van der Waals surface area contributed by atoms with E-state index in [-0.39, 0.29) is 11.9 Å². The van der Waals surface area contributed by atoms with Crippen LogP contribution >= 0.6 is 0 Å². The Hall–Kier alpha value is -2.46. The van der Waals surface area contributed by atoms with E-state index < -0.39 is 0 Å². The van der Waals surface area contributed by atoms with Gasteiger partial charge in [0.1, 0.15) is 11.6 Å². The van der Waals surface area contributed by atoms with Gasteiger partial charge in [0.25, 0.3) is 5.91 Å². The summed E-state index contributed by atoms with van der Waals surface area (Å²) in [5, 5.41) is 9.40. The number of hydrogen-bond acceptors (Lipinski definition) is 5. The molecule has 23 heavy (non-hydrogen) atoms. The molecule has 0 radical (unpaired) electrons. The molecule has 2 aliphatic rings. The van der Waals surface area contributed by atoms with E-state index in [9.17, 15) is 10.1 Å². The van der Waals surface area contributed by atoms with Gasteiger partial charge in [0.15, 0.2) is 5.65 Å². The molecule has 4 rings (SSSR count). The molecule has 1 saturated carbocycles. The number of carbonyl (C=O) groups excluding carboxylic acids is 1. The number of aromatic nitrogens is 3. The summed E-state index contributed by atoms with van der Waals surface area (Å²) >= 11 is 0. The van der Waals surface area contributed by atoms with Gasteiger partial charge in [0, 0.05) is 38.9 Å². The monoisotopic (exact) mass is 310 g/mol. The predicted octanol–water partition coefficient (Wildman–Crippen LogP) is 0.781. The zero-order valence-corrected chi connectivity index (χ0v) is 13.0. The van der Waals surface area contributed by atoms with Crippen molar-refractivity contribution in [2.75, 3.05) is 19.6 Å². The van der Waals surface area contributed by atoms with Gasteiger partial charge in [-0.1, -0.05) is 0 Å². The summed E-state index contributed by atoms with van der Waals surface area (Å²) in [4.78, 5) is 25.3. The molecule has 1 atom stereocenters. The highest BCUT2D eigenvalue weighted by atomic mass is 16.2. The van der Waals surface area contributed by atoms with Crippen LogP contribution in [0.3, 0.4) is 0 Å². The fourth-order valence-corrected chi connectivity index (χ4v) is 3.26. The Kier molecular flexibility index (Phi) is 3.27. The highest BCUT2D eigenvalue weighted by Gasteiger charge is 2.38. The first kappa shape index (κ1) is 14.2. The fourth-order valence-electron chi connectivity index (χ4n) is 3.26. The topological polar surface area (TPSA) is 78.0 Å². The van der Waals surface area contributed by atoms with Crippen LogP contribution in [0, 0.1) is 11.3 Å². The van der Waals surface area contributed by atoms with Crippen LogP contribution in [0.15, 0.2) is 18.6 Å². The van der Waals surface area contributed by atoms with Crippen LogP contribution in [0.5, 0.6) is 0 Å². The van der Waals surface area contributed by atoms with Crippen LogP contribution in [-0.4, -0.2) is 62.0 Å². The van der Waals surface area contributed by atoms with Crippen LogP contribution in [0.1, 0.15) is 23.2 Å². The number of rotatable bonds is 2.